The highest BCUT2D eigenvalue weighted by molar-refractivity contribution is 7.90. The number of carbonyl (C=O) groups is 1. The zero-order valence-corrected chi connectivity index (χ0v) is 31.0. The molecule has 1 saturated carbocycles. The van der Waals surface area contributed by atoms with Crippen LogP contribution in [0, 0.1) is 17.8 Å². The van der Waals surface area contributed by atoms with Crippen LogP contribution in [-0.4, -0.2) is 73.3 Å². The number of aryl methyl sites for hydroxylation is 1. The van der Waals surface area contributed by atoms with E-state index in [1.165, 1.54) is 11.1 Å². The van der Waals surface area contributed by atoms with Crippen LogP contribution in [0.5, 0.6) is 5.75 Å². The number of fused-ring (bicyclic) bond motifs is 4. The second-order valence-corrected chi connectivity index (χ2v) is 18.6. The number of amides is 1. The first-order chi connectivity index (χ1) is 23.2. The molecule has 2 heterocycles. The molecule has 1 fully saturated rings. The average molecular weight is 735 g/mol. The fourth-order valence-corrected chi connectivity index (χ4v) is 10.2. The van der Waals surface area contributed by atoms with Gasteiger partial charge in [0.1, 0.15) is 5.75 Å². The Kier molecular flexibility index (Phi) is 10.2. The summed E-state index contributed by atoms with van der Waals surface area (Å²) in [6.45, 7) is 5.10. The molecule has 0 saturated heterocycles. The SMILES string of the molecule is CO[C@]1(CCOS(C)(=O)=O)/C=C\C[C@H](C)[C@@H](C)S(=O)(=O)NC(=O)c2ccc3c(c2)N(C[C@@H]2CC[C@H]21)C[C@@]1(CCCc2cc(Cl)ccc21)CO3. The highest BCUT2D eigenvalue weighted by atomic mass is 35.5. The lowest BCUT2D eigenvalue weighted by atomic mass is 9.63. The van der Waals surface area contributed by atoms with Crippen LogP contribution in [0.15, 0.2) is 48.6 Å². The largest absolute Gasteiger partial charge is 0.490 e. The summed E-state index contributed by atoms with van der Waals surface area (Å²) in [6.07, 6.45) is 10.3. The average Bonchev–Trinajstić information content (AvgIpc) is 3.17. The lowest BCUT2D eigenvalue weighted by Gasteiger charge is -2.50. The molecular formula is C36H47ClN2O8S2. The number of nitrogens with zero attached hydrogens (tertiary/aromatic N) is 1. The van der Waals surface area contributed by atoms with Crippen molar-refractivity contribution >= 4 is 43.3 Å². The third-order valence-corrected chi connectivity index (χ3v) is 14.1. The number of methoxy groups -OCH3 is 1. The highest BCUT2D eigenvalue weighted by Gasteiger charge is 2.49. The van der Waals surface area contributed by atoms with E-state index in [0.717, 1.165) is 44.0 Å². The van der Waals surface area contributed by atoms with Crippen LogP contribution in [0.1, 0.15) is 73.9 Å². The minimum Gasteiger partial charge on any atom is -0.490 e. The Balaban J connectivity index is 1.45. The van der Waals surface area contributed by atoms with Gasteiger partial charge >= 0.3 is 0 Å². The number of anilines is 1. The van der Waals surface area contributed by atoms with Gasteiger partial charge in [0.25, 0.3) is 16.0 Å². The van der Waals surface area contributed by atoms with Gasteiger partial charge in [-0.15, -0.1) is 0 Å². The van der Waals surface area contributed by atoms with Crippen LogP contribution in [-0.2, 0) is 40.9 Å². The first-order valence-corrected chi connectivity index (χ1v) is 20.8. The maximum Gasteiger partial charge on any atom is 0.264 e. The summed E-state index contributed by atoms with van der Waals surface area (Å²) >= 11 is 6.43. The van der Waals surface area contributed by atoms with Crippen molar-refractivity contribution in [2.24, 2.45) is 17.8 Å². The van der Waals surface area contributed by atoms with Crippen molar-refractivity contribution in [2.75, 3.05) is 44.6 Å². The summed E-state index contributed by atoms with van der Waals surface area (Å²) in [5.74, 6) is -0.161. The van der Waals surface area contributed by atoms with E-state index in [1.54, 1.807) is 32.2 Å². The summed E-state index contributed by atoms with van der Waals surface area (Å²) in [7, 11) is -6.03. The smallest absolute Gasteiger partial charge is 0.264 e. The van der Waals surface area contributed by atoms with Gasteiger partial charge in [-0.05, 0) is 105 Å². The first-order valence-electron chi connectivity index (χ1n) is 17.1. The summed E-state index contributed by atoms with van der Waals surface area (Å²) < 4.78 is 71.1. The summed E-state index contributed by atoms with van der Waals surface area (Å²) in [5.41, 5.74) is 2.24. The van der Waals surface area contributed by atoms with Gasteiger partial charge in [-0.1, -0.05) is 36.7 Å². The van der Waals surface area contributed by atoms with Crippen LogP contribution in [0.25, 0.3) is 0 Å². The minimum absolute atomic E-state index is 0.0359. The van der Waals surface area contributed by atoms with E-state index in [1.807, 2.05) is 25.1 Å². The molecule has 1 spiro atoms. The van der Waals surface area contributed by atoms with E-state index in [0.29, 0.717) is 43.3 Å². The highest BCUT2D eigenvalue weighted by Crippen LogP contribution is 2.50. The summed E-state index contributed by atoms with van der Waals surface area (Å²) in [6, 6.07) is 11.2. The molecule has 1 amide bonds. The Bertz CT molecular complexity index is 1830. The molecule has 2 aliphatic carbocycles. The topological polar surface area (TPSA) is 128 Å². The van der Waals surface area contributed by atoms with Crippen LogP contribution in [0.4, 0.5) is 5.69 Å². The van der Waals surface area contributed by atoms with Crippen molar-refractivity contribution < 1.29 is 35.3 Å². The molecule has 4 aliphatic rings. The molecule has 268 valence electrons. The molecule has 2 aromatic carbocycles. The number of hydrogen-bond donors (Lipinski definition) is 1. The number of nitrogens with one attached hydrogen (secondary N) is 1. The van der Waals surface area contributed by atoms with Crippen molar-refractivity contribution in [3.8, 4) is 5.75 Å². The van der Waals surface area contributed by atoms with Crippen molar-refractivity contribution in [3.05, 3.63) is 70.3 Å². The lowest BCUT2D eigenvalue weighted by Crippen LogP contribution is -2.53. The zero-order chi connectivity index (χ0) is 35.2. The number of hydrogen-bond acceptors (Lipinski definition) is 9. The summed E-state index contributed by atoms with van der Waals surface area (Å²) in [4.78, 5) is 15.8. The lowest BCUT2D eigenvalue weighted by molar-refractivity contribution is -0.0847. The number of carbonyl (C=O) groups excluding carboxylic acids is 1. The maximum absolute atomic E-state index is 13.5. The number of allylic oxidation sites excluding steroid dienone is 1. The van der Waals surface area contributed by atoms with Crippen LogP contribution in [0.3, 0.4) is 0 Å². The number of sulfonamides is 1. The second-order valence-electron chi connectivity index (χ2n) is 14.5. The van der Waals surface area contributed by atoms with Crippen LogP contribution >= 0.6 is 11.6 Å². The molecule has 49 heavy (non-hydrogen) atoms. The van der Waals surface area contributed by atoms with Gasteiger partial charge in [0.05, 0.1) is 36.0 Å². The van der Waals surface area contributed by atoms with Crippen LogP contribution in [0.2, 0.25) is 5.02 Å². The predicted molar refractivity (Wildman–Crippen MR) is 190 cm³/mol. The molecule has 0 aromatic heterocycles. The van der Waals surface area contributed by atoms with Gasteiger partial charge in [0.2, 0.25) is 10.0 Å². The van der Waals surface area contributed by atoms with E-state index in [2.05, 4.69) is 21.8 Å². The third kappa shape index (κ3) is 7.40. The van der Waals surface area contributed by atoms with Crippen molar-refractivity contribution in [3.63, 3.8) is 0 Å². The van der Waals surface area contributed by atoms with Gasteiger partial charge < -0.3 is 14.4 Å². The number of rotatable bonds is 5. The number of ether oxygens (including phenoxy) is 2. The normalized spacial score (nSPS) is 32.1. The molecule has 2 aromatic rings. The maximum atomic E-state index is 13.5. The van der Waals surface area contributed by atoms with Crippen molar-refractivity contribution in [1.29, 1.82) is 0 Å². The fourth-order valence-electron chi connectivity index (χ4n) is 8.30. The molecule has 1 N–H and O–H groups in total. The Morgan fingerprint density at radius 3 is 2.65 bits per heavy atom. The van der Waals surface area contributed by atoms with Gasteiger partial charge in [0.15, 0.2) is 0 Å². The van der Waals surface area contributed by atoms with Gasteiger partial charge in [-0.25, -0.2) is 13.1 Å². The van der Waals surface area contributed by atoms with Gasteiger partial charge in [0, 0.05) is 42.6 Å². The Hall–Kier alpha value is -2.64. The Morgan fingerprint density at radius 1 is 1.14 bits per heavy atom. The van der Waals surface area contributed by atoms with Gasteiger partial charge in [-0.2, -0.15) is 8.42 Å². The van der Waals surface area contributed by atoms with Crippen LogP contribution < -0.4 is 14.4 Å². The van der Waals surface area contributed by atoms with Crippen molar-refractivity contribution in [2.45, 2.75) is 75.1 Å². The molecule has 13 heteroatoms. The molecule has 10 nitrogen and oxygen atoms in total. The monoisotopic (exact) mass is 734 g/mol. The van der Waals surface area contributed by atoms with E-state index in [4.69, 9.17) is 25.3 Å². The molecule has 2 bridgehead atoms. The third-order valence-electron chi connectivity index (χ3n) is 11.4. The van der Waals surface area contributed by atoms with E-state index >= 15 is 0 Å². The van der Waals surface area contributed by atoms with Crippen molar-refractivity contribution in [1.82, 2.24) is 4.72 Å². The Morgan fingerprint density at radius 2 is 1.94 bits per heavy atom. The summed E-state index contributed by atoms with van der Waals surface area (Å²) in [5, 5.41) is -0.162. The zero-order valence-electron chi connectivity index (χ0n) is 28.6. The van der Waals surface area contributed by atoms with E-state index in [9.17, 15) is 21.6 Å². The first kappa shape index (κ1) is 36.2. The fraction of sp³-hybridized carbons (Fsp3) is 0.583. The molecule has 6 atom stereocenters. The Labute approximate surface area is 295 Å². The molecule has 0 unspecified atom stereocenters. The molecular weight excluding hydrogens is 688 g/mol. The second kappa shape index (κ2) is 13.8. The quantitative estimate of drug-likeness (QED) is 0.307. The molecule has 2 aliphatic heterocycles. The van der Waals surface area contributed by atoms with Gasteiger partial charge in [-0.3, -0.25) is 8.98 Å². The molecule has 0 radical (unpaired) electrons. The van der Waals surface area contributed by atoms with E-state index in [-0.39, 0.29) is 35.3 Å². The minimum atomic E-state index is -4.02. The predicted octanol–water partition coefficient (Wildman–Crippen LogP) is 5.63. The number of benzene rings is 2. The number of halogens is 1. The standard InChI is InChI=1S/C36H47ClN2O8S2/c1-24-7-5-16-36(45-3,17-18-47-48(4,41)42)31-12-9-28(31)21-39-22-35(15-6-8-26-19-29(37)11-13-30(26)35)23-46-33-14-10-27(20-32(33)39)34(40)38-49(43,44)25(24)2/h5,10-11,13-14,16,19-20,24-25,28,31H,6-9,12,15,17-18,21-23H2,1-4H3,(H,38,40)/b16-5-/t24-,25+,28-,31+,35-,36-/m0/s1. The molecule has 6 rings (SSSR count). The van der Waals surface area contributed by atoms with E-state index < -0.39 is 36.9 Å².